The Labute approximate surface area is 164 Å². The summed E-state index contributed by atoms with van der Waals surface area (Å²) in [7, 11) is 4.91. The van der Waals surface area contributed by atoms with Crippen LogP contribution in [0.3, 0.4) is 0 Å². The largest absolute Gasteiger partial charge is 0.496 e. The molecule has 2 aromatic carbocycles. The Morgan fingerprint density at radius 2 is 1.68 bits per heavy atom. The molecule has 7 heteroatoms. The number of methoxy groups -OCH3 is 1. The van der Waals surface area contributed by atoms with Crippen molar-refractivity contribution in [1.82, 2.24) is 4.90 Å². The zero-order chi connectivity index (χ0) is 20.5. The van der Waals surface area contributed by atoms with Gasteiger partial charge in [0.15, 0.2) is 6.61 Å². The molecule has 0 spiro atoms. The fraction of sp³-hybridized carbons (Fsp3) is 0.286. The van der Waals surface area contributed by atoms with Gasteiger partial charge in [-0.3, -0.25) is 14.4 Å². The number of nitrogens with one attached hydrogen (secondary N) is 1. The van der Waals surface area contributed by atoms with Crippen molar-refractivity contribution in [3.63, 3.8) is 0 Å². The van der Waals surface area contributed by atoms with Crippen molar-refractivity contribution < 1.29 is 23.9 Å². The maximum atomic E-state index is 11.9. The van der Waals surface area contributed by atoms with Crippen LogP contribution < -0.4 is 10.1 Å². The highest BCUT2D eigenvalue weighted by molar-refractivity contribution is 5.96. The summed E-state index contributed by atoms with van der Waals surface area (Å²) in [5.74, 6) is -0.323. The smallest absolute Gasteiger partial charge is 0.306 e. The number of esters is 1. The highest BCUT2D eigenvalue weighted by atomic mass is 16.5. The van der Waals surface area contributed by atoms with Gasteiger partial charge in [0.1, 0.15) is 5.75 Å². The van der Waals surface area contributed by atoms with E-state index in [0.29, 0.717) is 23.4 Å². The van der Waals surface area contributed by atoms with Gasteiger partial charge < -0.3 is 19.7 Å². The van der Waals surface area contributed by atoms with E-state index >= 15 is 0 Å². The molecule has 2 aromatic rings. The molecule has 0 saturated heterocycles. The Hall–Kier alpha value is -3.35. The van der Waals surface area contributed by atoms with E-state index in [1.165, 1.54) is 4.90 Å². The van der Waals surface area contributed by atoms with Crippen molar-refractivity contribution >= 4 is 23.5 Å². The molecule has 148 valence electrons. The fourth-order valence-electron chi connectivity index (χ4n) is 2.52. The molecule has 0 aromatic heterocycles. The molecular formula is C21H24N2O5. The molecule has 0 fully saturated rings. The van der Waals surface area contributed by atoms with Gasteiger partial charge in [0.2, 0.25) is 0 Å². The van der Waals surface area contributed by atoms with Gasteiger partial charge in [0.05, 0.1) is 7.11 Å². The lowest BCUT2D eigenvalue weighted by Crippen LogP contribution is -2.22. The first kappa shape index (κ1) is 21.0. The van der Waals surface area contributed by atoms with Crippen molar-refractivity contribution in [2.75, 3.05) is 33.1 Å². The van der Waals surface area contributed by atoms with Crippen molar-refractivity contribution in [2.45, 2.75) is 12.8 Å². The van der Waals surface area contributed by atoms with Crippen LogP contribution in [0.25, 0.3) is 0 Å². The number of hydrogen-bond acceptors (Lipinski definition) is 5. The molecular weight excluding hydrogens is 360 g/mol. The van der Waals surface area contributed by atoms with Gasteiger partial charge in [0.25, 0.3) is 11.8 Å². The SMILES string of the molecule is COc1ccccc1CCC(=O)OCC(=O)Nc1ccc(C(=O)N(C)C)cc1. The van der Waals surface area contributed by atoms with Gasteiger partial charge >= 0.3 is 5.97 Å². The number of aryl methyl sites for hydroxylation is 1. The second-order valence-corrected chi connectivity index (χ2v) is 6.30. The molecule has 0 aliphatic rings. The third-order valence-corrected chi connectivity index (χ3v) is 3.98. The van der Waals surface area contributed by atoms with Crippen LogP contribution in [0.15, 0.2) is 48.5 Å². The minimum atomic E-state index is -0.465. The van der Waals surface area contributed by atoms with Gasteiger partial charge in [-0.15, -0.1) is 0 Å². The number of amides is 2. The lowest BCUT2D eigenvalue weighted by Gasteiger charge is -2.11. The summed E-state index contributed by atoms with van der Waals surface area (Å²) in [6.45, 7) is -0.372. The van der Waals surface area contributed by atoms with Crippen molar-refractivity contribution in [2.24, 2.45) is 0 Å². The van der Waals surface area contributed by atoms with E-state index in [1.54, 1.807) is 45.5 Å². The van der Waals surface area contributed by atoms with E-state index in [-0.39, 0.29) is 18.9 Å². The molecule has 1 N–H and O–H groups in total. The second kappa shape index (κ2) is 10.1. The lowest BCUT2D eigenvalue weighted by atomic mass is 10.1. The van der Waals surface area contributed by atoms with Gasteiger partial charge in [-0.1, -0.05) is 18.2 Å². The number of hydrogen-bond donors (Lipinski definition) is 1. The summed E-state index contributed by atoms with van der Waals surface area (Å²) in [6, 6.07) is 13.9. The third kappa shape index (κ3) is 6.12. The number of anilines is 1. The van der Waals surface area contributed by atoms with Crippen molar-refractivity contribution in [3.05, 3.63) is 59.7 Å². The quantitative estimate of drug-likeness (QED) is 0.707. The number of nitrogens with zero attached hydrogens (tertiary/aromatic N) is 1. The molecule has 0 radical (unpaired) electrons. The first-order valence-corrected chi connectivity index (χ1v) is 8.79. The minimum absolute atomic E-state index is 0.123. The summed E-state index contributed by atoms with van der Waals surface area (Å²) < 4.78 is 10.3. The summed E-state index contributed by atoms with van der Waals surface area (Å²) >= 11 is 0. The Balaban J connectivity index is 1.77. The van der Waals surface area contributed by atoms with Crippen molar-refractivity contribution in [1.29, 1.82) is 0 Å². The Kier molecular flexibility index (Phi) is 7.56. The number of carbonyl (C=O) groups excluding carboxylic acids is 3. The molecule has 0 saturated carbocycles. The highest BCUT2D eigenvalue weighted by Gasteiger charge is 2.11. The molecule has 0 unspecified atom stereocenters. The molecule has 28 heavy (non-hydrogen) atoms. The summed E-state index contributed by atoms with van der Waals surface area (Å²) in [5, 5.41) is 2.62. The predicted molar refractivity (Wildman–Crippen MR) is 105 cm³/mol. The molecule has 7 nitrogen and oxygen atoms in total. The number of benzene rings is 2. The number of ether oxygens (including phenoxy) is 2. The van der Waals surface area contributed by atoms with Gasteiger partial charge in [0, 0.05) is 31.8 Å². The van der Waals surface area contributed by atoms with Gasteiger partial charge in [-0.25, -0.2) is 0 Å². The van der Waals surface area contributed by atoms with Gasteiger partial charge in [-0.2, -0.15) is 0 Å². The Morgan fingerprint density at radius 3 is 2.32 bits per heavy atom. The first-order valence-electron chi connectivity index (χ1n) is 8.79. The third-order valence-electron chi connectivity index (χ3n) is 3.98. The van der Waals surface area contributed by atoms with E-state index in [2.05, 4.69) is 5.32 Å². The van der Waals surface area contributed by atoms with Crippen LogP contribution in [-0.4, -0.2) is 50.5 Å². The average Bonchev–Trinajstić information content (AvgIpc) is 2.70. The summed E-state index contributed by atoms with van der Waals surface area (Å²) in [6.07, 6.45) is 0.612. The predicted octanol–water partition coefficient (Wildman–Crippen LogP) is 2.51. The minimum Gasteiger partial charge on any atom is -0.496 e. The highest BCUT2D eigenvalue weighted by Crippen LogP contribution is 2.19. The van der Waals surface area contributed by atoms with Crippen molar-refractivity contribution in [3.8, 4) is 5.75 Å². The Bertz CT molecular complexity index is 831. The van der Waals surface area contributed by atoms with E-state index in [0.717, 1.165) is 5.56 Å². The zero-order valence-electron chi connectivity index (χ0n) is 16.2. The molecule has 0 aliphatic heterocycles. The molecule has 2 amide bonds. The number of carbonyl (C=O) groups is 3. The molecule has 0 bridgehead atoms. The fourth-order valence-corrected chi connectivity index (χ4v) is 2.52. The Morgan fingerprint density at radius 1 is 1.00 bits per heavy atom. The van der Waals surface area contributed by atoms with Crippen LogP contribution in [0.4, 0.5) is 5.69 Å². The molecule has 0 heterocycles. The maximum Gasteiger partial charge on any atom is 0.306 e. The van der Waals surface area contributed by atoms with E-state index in [9.17, 15) is 14.4 Å². The van der Waals surface area contributed by atoms with Crippen LogP contribution >= 0.6 is 0 Å². The van der Waals surface area contributed by atoms with Crippen LogP contribution in [0.1, 0.15) is 22.3 Å². The van der Waals surface area contributed by atoms with E-state index in [4.69, 9.17) is 9.47 Å². The van der Waals surface area contributed by atoms with Crippen LogP contribution in [-0.2, 0) is 20.7 Å². The topological polar surface area (TPSA) is 84.9 Å². The maximum absolute atomic E-state index is 11.9. The monoisotopic (exact) mass is 384 g/mol. The standard InChI is InChI=1S/C21H24N2O5/c1-23(2)21(26)16-8-11-17(12-9-16)22-19(24)14-28-20(25)13-10-15-6-4-5-7-18(15)27-3/h4-9,11-12H,10,13-14H2,1-3H3,(H,22,24). The summed E-state index contributed by atoms with van der Waals surface area (Å²) in [4.78, 5) is 37.1. The first-order chi connectivity index (χ1) is 13.4. The molecule has 0 atom stereocenters. The zero-order valence-corrected chi connectivity index (χ0v) is 16.2. The second-order valence-electron chi connectivity index (χ2n) is 6.30. The molecule has 0 aliphatic carbocycles. The average molecular weight is 384 g/mol. The van der Waals surface area contributed by atoms with Gasteiger partial charge in [-0.05, 0) is 42.3 Å². The van der Waals surface area contributed by atoms with E-state index < -0.39 is 11.9 Å². The lowest BCUT2D eigenvalue weighted by molar-refractivity contribution is -0.147. The van der Waals surface area contributed by atoms with Crippen LogP contribution in [0.2, 0.25) is 0 Å². The van der Waals surface area contributed by atoms with E-state index in [1.807, 2.05) is 24.3 Å². The van der Waals surface area contributed by atoms with Crippen LogP contribution in [0, 0.1) is 0 Å². The number of para-hydroxylation sites is 1. The molecule has 2 rings (SSSR count). The number of rotatable bonds is 8. The normalized spacial score (nSPS) is 10.1. The summed E-state index contributed by atoms with van der Waals surface area (Å²) in [5.41, 5.74) is 1.94. The van der Waals surface area contributed by atoms with Crippen LogP contribution in [0.5, 0.6) is 5.75 Å².